The van der Waals surface area contributed by atoms with Crippen molar-refractivity contribution in [3.63, 3.8) is 0 Å². The van der Waals surface area contributed by atoms with Crippen molar-refractivity contribution < 1.29 is 13.9 Å². The molecule has 25 heavy (non-hydrogen) atoms. The van der Waals surface area contributed by atoms with Crippen molar-refractivity contribution in [1.29, 1.82) is 0 Å². The molecule has 0 N–H and O–H groups in total. The average Bonchev–Trinajstić information content (AvgIpc) is 2.68. The lowest BCUT2D eigenvalue weighted by atomic mass is 9.97. The number of hydrogen-bond acceptors (Lipinski definition) is 4. The molecule has 120 valence electrons. The van der Waals surface area contributed by atoms with E-state index in [0.717, 1.165) is 11.1 Å². The molecule has 0 saturated heterocycles. The van der Waals surface area contributed by atoms with Gasteiger partial charge in [0.25, 0.3) is 0 Å². The number of benzene rings is 2. The summed E-state index contributed by atoms with van der Waals surface area (Å²) >= 11 is 0. The molecule has 4 nitrogen and oxygen atoms in total. The standard InChI is InChI=1S/C21H12O4/c22-20-16(15-6-3-7-18-21(15)24-11-10-23-18)12-25-17-9-8-13-4-1-2-5-14(13)19(17)20/h3-9,12H,10-11H2. The molecule has 0 unspecified atom stereocenters. The highest BCUT2D eigenvalue weighted by Crippen LogP contribution is 2.39. The van der Waals surface area contributed by atoms with Crippen LogP contribution in [-0.4, -0.2) is 13.2 Å². The van der Waals surface area contributed by atoms with Gasteiger partial charge in [0, 0.05) is 11.1 Å². The zero-order valence-electron chi connectivity index (χ0n) is 13.2. The van der Waals surface area contributed by atoms with E-state index in [1.165, 1.54) is 6.26 Å². The fraction of sp³-hybridized carbons (Fsp3) is 0.0952. The molecule has 0 amide bonds. The highest BCUT2D eigenvalue weighted by Gasteiger charge is 2.21. The molecule has 2 heterocycles. The minimum Gasteiger partial charge on any atom is -0.486 e. The Morgan fingerprint density at radius 3 is 2.76 bits per heavy atom. The molecule has 1 aliphatic carbocycles. The molecule has 1 aliphatic heterocycles. The Labute approximate surface area is 142 Å². The largest absolute Gasteiger partial charge is 0.486 e. The summed E-state index contributed by atoms with van der Waals surface area (Å²) in [5, 5.41) is 0.537. The van der Waals surface area contributed by atoms with E-state index in [2.05, 4.69) is 11.5 Å². The summed E-state index contributed by atoms with van der Waals surface area (Å²) in [6, 6.07) is 9.23. The maximum Gasteiger partial charge on any atom is 0.201 e. The van der Waals surface area contributed by atoms with Crippen LogP contribution in [0.4, 0.5) is 0 Å². The quantitative estimate of drug-likeness (QED) is 0.495. The van der Waals surface area contributed by atoms with Gasteiger partial charge in [0.15, 0.2) is 11.5 Å². The number of rotatable bonds is 1. The summed E-state index contributed by atoms with van der Waals surface area (Å²) in [5.74, 6) is 1.23. The van der Waals surface area contributed by atoms with Gasteiger partial charge in [0.1, 0.15) is 25.1 Å². The molecule has 5 rings (SSSR count). The van der Waals surface area contributed by atoms with Crippen LogP contribution < -0.4 is 14.9 Å². The minimum atomic E-state index is -0.103. The van der Waals surface area contributed by atoms with Gasteiger partial charge in [-0.2, -0.15) is 0 Å². The molecule has 2 aromatic carbocycles. The summed E-state index contributed by atoms with van der Waals surface area (Å²) in [6.45, 7) is 0.955. The predicted octanol–water partition coefficient (Wildman–Crippen LogP) is 4.03. The smallest absolute Gasteiger partial charge is 0.201 e. The molecule has 0 saturated carbocycles. The summed E-state index contributed by atoms with van der Waals surface area (Å²) in [7, 11) is 0. The molecular formula is C21H12O4. The van der Waals surface area contributed by atoms with Crippen molar-refractivity contribution in [3.05, 3.63) is 69.4 Å². The Morgan fingerprint density at radius 1 is 0.920 bits per heavy atom. The monoisotopic (exact) mass is 328 g/mol. The second-order valence-electron chi connectivity index (χ2n) is 5.83. The third kappa shape index (κ3) is 2.06. The lowest BCUT2D eigenvalue weighted by molar-refractivity contribution is 0.172. The highest BCUT2D eigenvalue weighted by atomic mass is 16.6. The van der Waals surface area contributed by atoms with Crippen LogP contribution in [0.15, 0.2) is 57.3 Å². The maximum absolute atomic E-state index is 13.2. The fourth-order valence-corrected chi connectivity index (χ4v) is 3.24. The first-order chi connectivity index (χ1) is 12.3. The van der Waals surface area contributed by atoms with Gasteiger partial charge >= 0.3 is 0 Å². The average molecular weight is 328 g/mol. The molecule has 0 atom stereocenters. The third-order valence-corrected chi connectivity index (χ3v) is 4.40. The topological polar surface area (TPSA) is 48.7 Å². The predicted molar refractivity (Wildman–Crippen MR) is 94.9 cm³/mol. The van der Waals surface area contributed by atoms with Crippen LogP contribution in [0.3, 0.4) is 0 Å². The number of fused-ring (bicyclic) bond motifs is 4. The van der Waals surface area contributed by atoms with Gasteiger partial charge in [-0.3, -0.25) is 4.79 Å². The van der Waals surface area contributed by atoms with Crippen LogP contribution in [0.5, 0.6) is 11.5 Å². The molecule has 3 aromatic rings. The SMILES string of the molecule is O=c1c(-c2cccc3c2OCCO3)coc2ccc3c(c12)C=C=C=C3. The third-order valence-electron chi connectivity index (χ3n) is 4.40. The van der Waals surface area contributed by atoms with Crippen LogP contribution in [0.1, 0.15) is 11.1 Å². The molecule has 2 aliphatic rings. The van der Waals surface area contributed by atoms with Crippen molar-refractivity contribution in [3.8, 4) is 22.6 Å². The molecule has 1 aromatic heterocycles. The zero-order chi connectivity index (χ0) is 16.8. The van der Waals surface area contributed by atoms with Crippen LogP contribution in [0.2, 0.25) is 0 Å². The Balaban J connectivity index is 1.83. The van der Waals surface area contributed by atoms with E-state index in [0.29, 0.717) is 46.8 Å². The zero-order valence-corrected chi connectivity index (χ0v) is 13.2. The first kappa shape index (κ1) is 13.9. The van der Waals surface area contributed by atoms with Crippen molar-refractivity contribution >= 4 is 23.1 Å². The first-order valence-corrected chi connectivity index (χ1v) is 7.98. The van der Waals surface area contributed by atoms with Gasteiger partial charge in [-0.05, 0) is 35.9 Å². The lowest BCUT2D eigenvalue weighted by Gasteiger charge is -2.20. The normalized spacial score (nSPS) is 13.9. The van der Waals surface area contributed by atoms with E-state index in [4.69, 9.17) is 13.9 Å². The van der Waals surface area contributed by atoms with E-state index < -0.39 is 0 Å². The molecule has 0 fully saturated rings. The molecule has 0 spiro atoms. The fourth-order valence-electron chi connectivity index (χ4n) is 3.24. The Kier molecular flexibility index (Phi) is 2.95. The Hall–Kier alpha value is -3.45. The first-order valence-electron chi connectivity index (χ1n) is 7.98. The summed E-state index contributed by atoms with van der Waals surface area (Å²) < 4.78 is 17.1. The number of ether oxygens (including phenoxy) is 2. The van der Waals surface area contributed by atoms with Crippen molar-refractivity contribution in [2.45, 2.75) is 0 Å². The van der Waals surface area contributed by atoms with Gasteiger partial charge in [-0.15, -0.1) is 0 Å². The summed E-state index contributed by atoms with van der Waals surface area (Å²) in [6.07, 6.45) is 5.06. The summed E-state index contributed by atoms with van der Waals surface area (Å²) in [4.78, 5) is 13.2. The Morgan fingerprint density at radius 2 is 1.80 bits per heavy atom. The highest BCUT2D eigenvalue weighted by molar-refractivity contribution is 5.94. The molecule has 0 bridgehead atoms. The van der Waals surface area contributed by atoms with Crippen LogP contribution >= 0.6 is 0 Å². The van der Waals surface area contributed by atoms with E-state index in [1.54, 1.807) is 12.1 Å². The molecule has 4 heteroatoms. The van der Waals surface area contributed by atoms with Crippen molar-refractivity contribution in [2.24, 2.45) is 0 Å². The van der Waals surface area contributed by atoms with Gasteiger partial charge < -0.3 is 13.9 Å². The van der Waals surface area contributed by atoms with E-state index in [-0.39, 0.29) is 5.43 Å². The van der Waals surface area contributed by atoms with E-state index in [1.807, 2.05) is 30.3 Å². The Bertz CT molecular complexity index is 1190. The van der Waals surface area contributed by atoms with Crippen molar-refractivity contribution in [2.75, 3.05) is 13.2 Å². The van der Waals surface area contributed by atoms with E-state index >= 15 is 0 Å². The molecular weight excluding hydrogens is 316 g/mol. The van der Waals surface area contributed by atoms with Gasteiger partial charge in [0.2, 0.25) is 5.43 Å². The number of hydrogen-bond donors (Lipinski definition) is 0. The van der Waals surface area contributed by atoms with Crippen LogP contribution in [0, 0.1) is 0 Å². The van der Waals surface area contributed by atoms with Gasteiger partial charge in [-0.25, -0.2) is 0 Å². The van der Waals surface area contributed by atoms with Gasteiger partial charge in [0.05, 0.1) is 10.9 Å². The van der Waals surface area contributed by atoms with E-state index in [9.17, 15) is 4.79 Å². The second kappa shape index (κ2) is 5.29. The number of para-hydroxylation sites is 1. The molecule has 0 radical (unpaired) electrons. The summed E-state index contributed by atoms with van der Waals surface area (Å²) in [5.41, 5.74) is 9.12. The van der Waals surface area contributed by atoms with Crippen molar-refractivity contribution in [1.82, 2.24) is 0 Å². The maximum atomic E-state index is 13.2. The lowest BCUT2D eigenvalue weighted by Crippen LogP contribution is -2.17. The van der Waals surface area contributed by atoms with Gasteiger partial charge in [-0.1, -0.05) is 23.6 Å². The second-order valence-corrected chi connectivity index (χ2v) is 5.83. The van der Waals surface area contributed by atoms with Crippen LogP contribution in [0.25, 0.3) is 34.2 Å². The minimum absolute atomic E-state index is 0.103. The van der Waals surface area contributed by atoms with Crippen LogP contribution in [-0.2, 0) is 0 Å².